The van der Waals surface area contributed by atoms with Crippen LogP contribution >= 0.6 is 39.1 Å². The lowest BCUT2D eigenvalue weighted by molar-refractivity contribution is 0.506. The summed E-state index contributed by atoms with van der Waals surface area (Å²) in [5.41, 5.74) is 1.17. The van der Waals surface area contributed by atoms with Gasteiger partial charge in [-0.1, -0.05) is 52.0 Å². The molecule has 2 rings (SSSR count). The Kier molecular flexibility index (Phi) is 5.20. The van der Waals surface area contributed by atoms with Crippen molar-refractivity contribution < 1.29 is 0 Å². The summed E-state index contributed by atoms with van der Waals surface area (Å²) in [6, 6.07) is 5.71. The number of benzene rings is 1. The molecule has 0 spiro atoms. The Balaban J connectivity index is 1.90. The van der Waals surface area contributed by atoms with Crippen LogP contribution in [0.25, 0.3) is 0 Å². The molecule has 0 bridgehead atoms. The highest BCUT2D eigenvalue weighted by Crippen LogP contribution is 2.34. The SMILES string of the molecule is Clc1ccc(Cl)c(CCC(Br)C2CCCC2)c1. The number of hydrogen-bond donors (Lipinski definition) is 0. The van der Waals surface area contributed by atoms with Crippen molar-refractivity contribution in [1.82, 2.24) is 0 Å². The predicted molar refractivity (Wildman–Crippen MR) is 79.5 cm³/mol. The summed E-state index contributed by atoms with van der Waals surface area (Å²) in [6.45, 7) is 0. The van der Waals surface area contributed by atoms with Crippen LogP contribution in [0.4, 0.5) is 0 Å². The van der Waals surface area contributed by atoms with Gasteiger partial charge in [-0.05, 0) is 55.4 Å². The highest BCUT2D eigenvalue weighted by molar-refractivity contribution is 9.09. The fraction of sp³-hybridized carbons (Fsp3) is 0.571. The largest absolute Gasteiger partial charge is 0.0888 e. The van der Waals surface area contributed by atoms with Gasteiger partial charge in [0.25, 0.3) is 0 Å². The molecule has 1 aliphatic rings. The maximum absolute atomic E-state index is 6.17. The molecule has 1 unspecified atom stereocenters. The molecule has 94 valence electrons. The van der Waals surface area contributed by atoms with E-state index < -0.39 is 0 Å². The molecule has 0 saturated heterocycles. The lowest BCUT2D eigenvalue weighted by Crippen LogP contribution is -2.11. The summed E-state index contributed by atoms with van der Waals surface area (Å²) in [7, 11) is 0. The van der Waals surface area contributed by atoms with Gasteiger partial charge in [0.15, 0.2) is 0 Å². The normalized spacial score (nSPS) is 18.5. The van der Waals surface area contributed by atoms with E-state index in [-0.39, 0.29) is 0 Å². The quantitative estimate of drug-likeness (QED) is 0.603. The van der Waals surface area contributed by atoms with Crippen molar-refractivity contribution in [3.8, 4) is 0 Å². The molecule has 1 atom stereocenters. The van der Waals surface area contributed by atoms with Crippen molar-refractivity contribution in [2.75, 3.05) is 0 Å². The molecule has 0 N–H and O–H groups in total. The van der Waals surface area contributed by atoms with Gasteiger partial charge in [-0.15, -0.1) is 0 Å². The van der Waals surface area contributed by atoms with Gasteiger partial charge in [0.05, 0.1) is 0 Å². The predicted octanol–water partition coefficient (Wildman–Crippen LogP) is 5.88. The van der Waals surface area contributed by atoms with Crippen molar-refractivity contribution >= 4 is 39.1 Å². The molecule has 1 fully saturated rings. The number of aryl methyl sites for hydroxylation is 1. The third-order valence-electron chi connectivity index (χ3n) is 3.61. The summed E-state index contributed by atoms with van der Waals surface area (Å²) in [5, 5.41) is 1.61. The Bertz CT molecular complexity index is 372. The lowest BCUT2D eigenvalue weighted by Gasteiger charge is -2.17. The molecular weight excluding hydrogens is 319 g/mol. The van der Waals surface area contributed by atoms with Crippen LogP contribution in [0.15, 0.2) is 18.2 Å². The number of alkyl halides is 1. The van der Waals surface area contributed by atoms with E-state index >= 15 is 0 Å². The zero-order valence-electron chi connectivity index (χ0n) is 9.76. The van der Waals surface area contributed by atoms with E-state index in [9.17, 15) is 0 Å². The molecule has 1 aliphatic carbocycles. The summed E-state index contributed by atoms with van der Waals surface area (Å²) in [5.74, 6) is 0.855. The first-order chi connectivity index (χ1) is 8.16. The summed E-state index contributed by atoms with van der Waals surface area (Å²) >= 11 is 16.0. The zero-order chi connectivity index (χ0) is 12.3. The molecular formula is C14H17BrCl2. The van der Waals surface area contributed by atoms with Crippen LogP contribution in [0.1, 0.15) is 37.7 Å². The fourth-order valence-electron chi connectivity index (χ4n) is 2.58. The molecule has 0 aromatic heterocycles. The first-order valence-electron chi connectivity index (χ1n) is 6.25. The lowest BCUT2D eigenvalue weighted by atomic mass is 9.98. The second kappa shape index (κ2) is 6.45. The Morgan fingerprint density at radius 2 is 1.94 bits per heavy atom. The highest BCUT2D eigenvalue weighted by atomic mass is 79.9. The van der Waals surface area contributed by atoms with Gasteiger partial charge in [-0.3, -0.25) is 0 Å². The van der Waals surface area contributed by atoms with E-state index in [0.29, 0.717) is 4.83 Å². The first kappa shape index (κ1) is 13.7. The van der Waals surface area contributed by atoms with Crippen LogP contribution < -0.4 is 0 Å². The van der Waals surface area contributed by atoms with Crippen LogP contribution in [-0.4, -0.2) is 4.83 Å². The molecule has 1 aromatic carbocycles. The van der Waals surface area contributed by atoms with Gasteiger partial charge >= 0.3 is 0 Å². The van der Waals surface area contributed by atoms with Gasteiger partial charge in [-0.2, -0.15) is 0 Å². The third kappa shape index (κ3) is 3.87. The number of rotatable bonds is 4. The van der Waals surface area contributed by atoms with Crippen LogP contribution in [0.3, 0.4) is 0 Å². The summed E-state index contributed by atoms with van der Waals surface area (Å²) in [6.07, 6.45) is 7.68. The minimum atomic E-state index is 0.625. The zero-order valence-corrected chi connectivity index (χ0v) is 12.9. The van der Waals surface area contributed by atoms with Crippen LogP contribution in [0, 0.1) is 5.92 Å². The number of hydrogen-bond acceptors (Lipinski definition) is 0. The fourth-order valence-corrected chi connectivity index (χ4v) is 3.75. The second-order valence-electron chi connectivity index (χ2n) is 4.83. The summed E-state index contributed by atoms with van der Waals surface area (Å²) in [4.78, 5) is 0.625. The minimum Gasteiger partial charge on any atom is -0.0888 e. The Morgan fingerprint density at radius 3 is 2.65 bits per heavy atom. The van der Waals surface area contributed by atoms with E-state index in [1.807, 2.05) is 18.2 Å². The maximum Gasteiger partial charge on any atom is 0.0439 e. The van der Waals surface area contributed by atoms with Gasteiger partial charge in [0, 0.05) is 14.9 Å². The third-order valence-corrected chi connectivity index (χ3v) is 5.42. The molecule has 0 aliphatic heterocycles. The molecule has 3 heteroatoms. The Labute approximate surface area is 122 Å². The molecule has 0 nitrogen and oxygen atoms in total. The van der Waals surface area contributed by atoms with E-state index in [1.165, 1.54) is 31.2 Å². The standard InChI is InChI=1S/C14H17BrCl2/c15-13(10-3-1-2-4-10)7-5-11-9-12(16)6-8-14(11)17/h6,8-10,13H,1-5,7H2. The Hall–Kier alpha value is 0.280. The van der Waals surface area contributed by atoms with E-state index in [1.54, 1.807) is 0 Å². The smallest absolute Gasteiger partial charge is 0.0439 e. The van der Waals surface area contributed by atoms with Gasteiger partial charge < -0.3 is 0 Å². The molecule has 1 aromatic rings. The van der Waals surface area contributed by atoms with Gasteiger partial charge in [0.1, 0.15) is 0 Å². The van der Waals surface area contributed by atoms with Crippen molar-refractivity contribution in [3.05, 3.63) is 33.8 Å². The van der Waals surface area contributed by atoms with E-state index in [0.717, 1.165) is 28.8 Å². The van der Waals surface area contributed by atoms with Crippen molar-refractivity contribution in [2.45, 2.75) is 43.4 Å². The molecule has 0 amide bonds. The topological polar surface area (TPSA) is 0 Å². The average molecular weight is 336 g/mol. The van der Waals surface area contributed by atoms with Crippen LogP contribution in [0.5, 0.6) is 0 Å². The average Bonchev–Trinajstić information content (AvgIpc) is 2.83. The number of halogens is 3. The van der Waals surface area contributed by atoms with Crippen molar-refractivity contribution in [3.63, 3.8) is 0 Å². The minimum absolute atomic E-state index is 0.625. The van der Waals surface area contributed by atoms with Gasteiger partial charge in [0.2, 0.25) is 0 Å². The van der Waals surface area contributed by atoms with Crippen LogP contribution in [0.2, 0.25) is 10.0 Å². The molecule has 1 saturated carbocycles. The molecule has 17 heavy (non-hydrogen) atoms. The molecule has 0 heterocycles. The van der Waals surface area contributed by atoms with Crippen molar-refractivity contribution in [2.24, 2.45) is 5.92 Å². The summed E-state index contributed by atoms with van der Waals surface area (Å²) < 4.78 is 0. The van der Waals surface area contributed by atoms with Crippen molar-refractivity contribution in [1.29, 1.82) is 0 Å². The van der Waals surface area contributed by atoms with Crippen LogP contribution in [-0.2, 0) is 6.42 Å². The van der Waals surface area contributed by atoms with Gasteiger partial charge in [-0.25, -0.2) is 0 Å². The Morgan fingerprint density at radius 1 is 1.24 bits per heavy atom. The first-order valence-corrected chi connectivity index (χ1v) is 7.92. The monoisotopic (exact) mass is 334 g/mol. The highest BCUT2D eigenvalue weighted by Gasteiger charge is 2.22. The molecule has 0 radical (unpaired) electrons. The maximum atomic E-state index is 6.17. The van der Waals surface area contributed by atoms with E-state index in [2.05, 4.69) is 15.9 Å². The van der Waals surface area contributed by atoms with E-state index in [4.69, 9.17) is 23.2 Å². The second-order valence-corrected chi connectivity index (χ2v) is 6.85.